The smallest absolute Gasteiger partial charge is 0.233 e. The molecule has 1 amide bonds. The minimum absolute atomic E-state index is 0.135. The zero-order valence-electron chi connectivity index (χ0n) is 19.7. The quantitative estimate of drug-likeness (QED) is 0.458. The molecule has 1 saturated heterocycles. The van der Waals surface area contributed by atoms with Crippen LogP contribution >= 0.6 is 11.3 Å². The molecule has 1 aliphatic rings. The minimum Gasteiger partial charge on any atom is -0.341 e. The summed E-state index contributed by atoms with van der Waals surface area (Å²) in [5.41, 5.74) is 1.13. The summed E-state index contributed by atoms with van der Waals surface area (Å²) >= 11 is 1.14. The number of carbonyl (C=O) groups excluding carboxylic acids is 1. The Morgan fingerprint density at radius 2 is 1.97 bits per heavy atom. The molecule has 0 aliphatic carbocycles. The fraction of sp³-hybridized carbons (Fsp3) is 0.583. The highest BCUT2D eigenvalue weighted by atomic mass is 32.2. The van der Waals surface area contributed by atoms with Gasteiger partial charge in [0.1, 0.15) is 0 Å². The molecular formula is C24H36N4O3S2. The maximum atomic E-state index is 12.6. The van der Waals surface area contributed by atoms with Crippen LogP contribution in [0.2, 0.25) is 0 Å². The lowest BCUT2D eigenvalue weighted by Crippen LogP contribution is -2.37. The van der Waals surface area contributed by atoms with Crippen LogP contribution in [0.1, 0.15) is 45.1 Å². The first-order valence-corrected chi connectivity index (χ1v) is 14.2. The van der Waals surface area contributed by atoms with Crippen molar-refractivity contribution in [3.05, 3.63) is 41.4 Å². The molecule has 1 atom stereocenters. The van der Waals surface area contributed by atoms with Gasteiger partial charge in [0, 0.05) is 50.2 Å². The molecule has 1 fully saturated rings. The summed E-state index contributed by atoms with van der Waals surface area (Å²) in [5.74, 6) is 0.263. The SMILES string of the molecule is CCCN(CCCCN1CCNCCC1=O)C(C)Cc1ccc(S(=O)(=O)c2nccs2)cc1. The number of amides is 1. The van der Waals surface area contributed by atoms with Crippen LogP contribution in [0.15, 0.2) is 45.1 Å². The third-order valence-corrected chi connectivity index (χ3v) is 9.06. The van der Waals surface area contributed by atoms with Crippen LogP contribution in [0.3, 0.4) is 0 Å². The second-order valence-corrected chi connectivity index (χ2v) is 11.6. The van der Waals surface area contributed by atoms with Gasteiger partial charge in [-0.05, 0) is 63.4 Å². The van der Waals surface area contributed by atoms with Gasteiger partial charge in [0.05, 0.1) is 4.90 Å². The van der Waals surface area contributed by atoms with Gasteiger partial charge in [-0.1, -0.05) is 19.1 Å². The molecule has 7 nitrogen and oxygen atoms in total. The summed E-state index contributed by atoms with van der Waals surface area (Å²) in [6.07, 6.45) is 6.15. The monoisotopic (exact) mass is 492 g/mol. The van der Waals surface area contributed by atoms with Crippen LogP contribution in [-0.2, 0) is 21.1 Å². The molecule has 1 aromatic carbocycles. The van der Waals surface area contributed by atoms with Crippen molar-refractivity contribution in [2.45, 2.75) is 61.2 Å². The molecule has 0 saturated carbocycles. The van der Waals surface area contributed by atoms with Crippen molar-refractivity contribution >= 4 is 27.1 Å². The van der Waals surface area contributed by atoms with E-state index in [0.29, 0.717) is 12.5 Å². The van der Waals surface area contributed by atoms with Crippen LogP contribution in [0.5, 0.6) is 0 Å². The predicted molar refractivity (Wildman–Crippen MR) is 132 cm³/mol. The number of sulfone groups is 1. The molecule has 1 aromatic heterocycles. The van der Waals surface area contributed by atoms with Crippen LogP contribution in [0, 0.1) is 0 Å². The first kappa shape index (κ1) is 25.8. The molecule has 3 rings (SSSR count). The van der Waals surface area contributed by atoms with Crippen molar-refractivity contribution < 1.29 is 13.2 Å². The standard InChI is InChI=1S/C24H36N4O3S2/c1-3-14-27(15-4-5-16-28-17-12-25-11-10-23(28)29)20(2)19-21-6-8-22(9-7-21)33(30,31)24-26-13-18-32-24/h6-9,13,18,20,25H,3-5,10-12,14-17,19H2,1-2H3. The highest BCUT2D eigenvalue weighted by Gasteiger charge is 2.21. The molecule has 1 unspecified atom stereocenters. The fourth-order valence-electron chi connectivity index (χ4n) is 4.23. The van der Waals surface area contributed by atoms with Crippen LogP contribution < -0.4 is 5.32 Å². The summed E-state index contributed by atoms with van der Waals surface area (Å²) in [7, 11) is -3.53. The van der Waals surface area contributed by atoms with Gasteiger partial charge in [-0.3, -0.25) is 4.79 Å². The number of benzene rings is 1. The lowest BCUT2D eigenvalue weighted by atomic mass is 10.1. The Kier molecular flexibility index (Phi) is 9.85. The van der Waals surface area contributed by atoms with E-state index in [-0.39, 0.29) is 15.1 Å². The molecular weight excluding hydrogens is 456 g/mol. The van der Waals surface area contributed by atoms with E-state index >= 15 is 0 Å². The summed E-state index contributed by atoms with van der Waals surface area (Å²) in [4.78, 5) is 20.9. The van der Waals surface area contributed by atoms with E-state index in [0.717, 1.165) is 81.9 Å². The van der Waals surface area contributed by atoms with E-state index in [1.807, 2.05) is 17.0 Å². The van der Waals surface area contributed by atoms with Gasteiger partial charge in [0.2, 0.25) is 20.1 Å². The first-order valence-electron chi connectivity index (χ1n) is 11.9. The third kappa shape index (κ3) is 7.34. The number of hydrogen-bond acceptors (Lipinski definition) is 7. The Morgan fingerprint density at radius 3 is 2.67 bits per heavy atom. The summed E-state index contributed by atoms with van der Waals surface area (Å²) in [6.45, 7) is 9.78. The zero-order valence-corrected chi connectivity index (χ0v) is 21.3. The maximum absolute atomic E-state index is 12.6. The lowest BCUT2D eigenvalue weighted by Gasteiger charge is -2.29. The maximum Gasteiger partial charge on any atom is 0.233 e. The zero-order chi connectivity index (χ0) is 23.7. The summed E-state index contributed by atoms with van der Waals surface area (Å²) in [6, 6.07) is 7.57. The Labute approximate surface area is 202 Å². The Morgan fingerprint density at radius 1 is 1.18 bits per heavy atom. The first-order chi connectivity index (χ1) is 15.9. The average molecular weight is 493 g/mol. The molecule has 1 N–H and O–H groups in total. The van der Waals surface area contributed by atoms with E-state index in [4.69, 9.17) is 0 Å². The van der Waals surface area contributed by atoms with Gasteiger partial charge in [0.15, 0.2) is 0 Å². The predicted octanol–water partition coefficient (Wildman–Crippen LogP) is 3.22. The molecule has 182 valence electrons. The lowest BCUT2D eigenvalue weighted by molar-refractivity contribution is -0.130. The molecule has 9 heteroatoms. The van der Waals surface area contributed by atoms with Crippen LogP contribution in [0.4, 0.5) is 0 Å². The largest absolute Gasteiger partial charge is 0.341 e. The van der Waals surface area contributed by atoms with Gasteiger partial charge in [-0.15, -0.1) is 11.3 Å². The van der Waals surface area contributed by atoms with Gasteiger partial charge in [0.25, 0.3) is 0 Å². The second kappa shape index (κ2) is 12.6. The topological polar surface area (TPSA) is 82.6 Å². The number of rotatable bonds is 12. The molecule has 0 spiro atoms. The van der Waals surface area contributed by atoms with Crippen molar-refractivity contribution in [1.29, 1.82) is 0 Å². The van der Waals surface area contributed by atoms with E-state index in [9.17, 15) is 13.2 Å². The second-order valence-electron chi connectivity index (χ2n) is 8.62. The molecule has 33 heavy (non-hydrogen) atoms. The average Bonchev–Trinajstić information content (AvgIpc) is 3.28. The molecule has 0 radical (unpaired) electrons. The number of unbranched alkanes of at least 4 members (excludes halogenated alkanes) is 1. The van der Waals surface area contributed by atoms with E-state index in [1.165, 1.54) is 6.20 Å². The number of aromatic nitrogens is 1. The third-order valence-electron chi connectivity index (χ3n) is 6.09. The number of hydrogen-bond donors (Lipinski definition) is 1. The minimum atomic E-state index is -3.53. The van der Waals surface area contributed by atoms with E-state index < -0.39 is 9.84 Å². The Hall–Kier alpha value is -1.81. The van der Waals surface area contributed by atoms with Gasteiger partial charge in [-0.2, -0.15) is 0 Å². The number of nitrogens with zero attached hydrogens (tertiary/aromatic N) is 3. The van der Waals surface area contributed by atoms with E-state index in [1.54, 1.807) is 17.5 Å². The van der Waals surface area contributed by atoms with Gasteiger partial charge < -0.3 is 15.1 Å². The fourth-order valence-corrected chi connectivity index (χ4v) is 6.45. The van der Waals surface area contributed by atoms with Crippen molar-refractivity contribution in [1.82, 2.24) is 20.1 Å². The van der Waals surface area contributed by atoms with Crippen LogP contribution in [-0.4, -0.2) is 74.4 Å². The number of carbonyl (C=O) groups is 1. The Bertz CT molecular complexity index is 962. The normalized spacial score (nSPS) is 16.2. The highest BCUT2D eigenvalue weighted by Crippen LogP contribution is 2.23. The summed E-state index contributed by atoms with van der Waals surface area (Å²) < 4.78 is 25.4. The van der Waals surface area contributed by atoms with Crippen LogP contribution in [0.25, 0.3) is 0 Å². The summed E-state index contributed by atoms with van der Waals surface area (Å²) in [5, 5.41) is 4.96. The molecule has 2 aromatic rings. The highest BCUT2D eigenvalue weighted by molar-refractivity contribution is 7.93. The molecule has 0 bridgehead atoms. The molecule has 2 heterocycles. The van der Waals surface area contributed by atoms with Gasteiger partial charge in [-0.25, -0.2) is 13.4 Å². The van der Waals surface area contributed by atoms with Crippen molar-refractivity contribution in [2.75, 3.05) is 39.3 Å². The Balaban J connectivity index is 1.51. The van der Waals surface area contributed by atoms with Crippen molar-refractivity contribution in [3.63, 3.8) is 0 Å². The number of nitrogens with one attached hydrogen (secondary N) is 1. The molecule has 1 aliphatic heterocycles. The van der Waals surface area contributed by atoms with Gasteiger partial charge >= 0.3 is 0 Å². The number of thiazole rings is 1. The van der Waals surface area contributed by atoms with Crippen molar-refractivity contribution in [3.8, 4) is 0 Å². The van der Waals surface area contributed by atoms with Crippen molar-refractivity contribution in [2.24, 2.45) is 0 Å². The van der Waals surface area contributed by atoms with E-state index in [2.05, 4.69) is 29.0 Å².